The summed E-state index contributed by atoms with van der Waals surface area (Å²) in [6.45, 7) is 6.19. The Labute approximate surface area is 156 Å². The molecule has 22 heavy (non-hydrogen) atoms. The summed E-state index contributed by atoms with van der Waals surface area (Å²) < 4.78 is 0. The van der Waals surface area contributed by atoms with Crippen molar-refractivity contribution in [2.45, 2.75) is 25.7 Å². The molecule has 1 unspecified atom stereocenters. The van der Waals surface area contributed by atoms with Gasteiger partial charge in [-0.2, -0.15) is 11.8 Å². The van der Waals surface area contributed by atoms with Gasteiger partial charge in [-0.3, -0.25) is 4.99 Å². The first-order chi connectivity index (χ1) is 10.3. The number of likely N-dealkylation sites (tertiary alicyclic amines) is 1. The third-order valence-corrected chi connectivity index (χ3v) is 4.56. The van der Waals surface area contributed by atoms with Gasteiger partial charge >= 0.3 is 0 Å². The van der Waals surface area contributed by atoms with Gasteiger partial charge in [0.25, 0.3) is 0 Å². The molecule has 0 amide bonds. The van der Waals surface area contributed by atoms with E-state index in [1.54, 1.807) is 0 Å². The molecule has 0 radical (unpaired) electrons. The average molecular weight is 433 g/mol. The van der Waals surface area contributed by atoms with E-state index < -0.39 is 0 Å². The van der Waals surface area contributed by atoms with E-state index in [0.717, 1.165) is 38.6 Å². The van der Waals surface area contributed by atoms with Crippen molar-refractivity contribution in [3.8, 4) is 0 Å². The largest absolute Gasteiger partial charge is 0.357 e. The highest BCUT2D eigenvalue weighted by Crippen LogP contribution is 2.26. The topological polar surface area (TPSA) is 27.6 Å². The molecule has 124 valence electrons. The third-order valence-electron chi connectivity index (χ3n) is 3.86. The van der Waals surface area contributed by atoms with Gasteiger partial charge in [0.2, 0.25) is 0 Å². The standard InChI is InChI=1S/C17H27N3S.HI/c1-3-18-17(19-11-7-13-21-2)20-12-10-16(14-20)15-8-5-4-6-9-15;/h4-6,8-9,16H,3,7,10-14H2,1-2H3,(H,18,19);1H. The van der Waals surface area contributed by atoms with E-state index in [-0.39, 0.29) is 24.0 Å². The van der Waals surface area contributed by atoms with Gasteiger partial charge < -0.3 is 10.2 Å². The molecule has 5 heteroatoms. The van der Waals surface area contributed by atoms with Crippen LogP contribution in [0.4, 0.5) is 0 Å². The van der Waals surface area contributed by atoms with Gasteiger partial charge in [0.05, 0.1) is 0 Å². The number of hydrogen-bond donors (Lipinski definition) is 1. The Morgan fingerprint density at radius 3 is 2.82 bits per heavy atom. The Kier molecular flexibility index (Phi) is 9.95. The van der Waals surface area contributed by atoms with Crippen molar-refractivity contribution in [3.63, 3.8) is 0 Å². The zero-order valence-corrected chi connectivity index (χ0v) is 16.8. The first-order valence-electron chi connectivity index (χ1n) is 7.92. The van der Waals surface area contributed by atoms with Gasteiger partial charge in [0.15, 0.2) is 5.96 Å². The first kappa shape index (κ1) is 19.6. The lowest BCUT2D eigenvalue weighted by Crippen LogP contribution is -2.40. The molecule has 1 N–H and O–H groups in total. The van der Waals surface area contributed by atoms with Crippen molar-refractivity contribution in [3.05, 3.63) is 35.9 Å². The maximum absolute atomic E-state index is 4.78. The summed E-state index contributed by atoms with van der Waals surface area (Å²) in [6.07, 6.45) is 4.53. The minimum atomic E-state index is 0. The lowest BCUT2D eigenvalue weighted by molar-refractivity contribution is 0.486. The van der Waals surface area contributed by atoms with Crippen LogP contribution in [-0.4, -0.2) is 49.0 Å². The zero-order valence-electron chi connectivity index (χ0n) is 13.6. The first-order valence-corrected chi connectivity index (χ1v) is 9.31. The van der Waals surface area contributed by atoms with Crippen molar-refractivity contribution in [1.82, 2.24) is 10.2 Å². The molecule has 1 fully saturated rings. The van der Waals surface area contributed by atoms with Gasteiger partial charge in [-0.1, -0.05) is 30.3 Å². The second-order valence-electron chi connectivity index (χ2n) is 5.42. The van der Waals surface area contributed by atoms with Crippen molar-refractivity contribution >= 4 is 41.7 Å². The molecule has 2 rings (SSSR count). The SMILES string of the molecule is CCNC(=NCCCSC)N1CCC(c2ccccc2)C1.I. The van der Waals surface area contributed by atoms with Gasteiger partial charge in [-0.05, 0) is 37.3 Å². The molecule has 0 aliphatic carbocycles. The Morgan fingerprint density at radius 2 is 2.14 bits per heavy atom. The summed E-state index contributed by atoms with van der Waals surface area (Å²) in [6, 6.07) is 10.9. The molecule has 1 saturated heterocycles. The molecule has 1 heterocycles. The summed E-state index contributed by atoms with van der Waals surface area (Å²) in [5, 5.41) is 3.44. The molecule has 3 nitrogen and oxygen atoms in total. The summed E-state index contributed by atoms with van der Waals surface area (Å²) in [7, 11) is 0. The van der Waals surface area contributed by atoms with Crippen LogP contribution in [0, 0.1) is 0 Å². The minimum absolute atomic E-state index is 0. The van der Waals surface area contributed by atoms with Crippen LogP contribution in [-0.2, 0) is 0 Å². The number of guanidine groups is 1. The molecular formula is C17H28IN3S. The zero-order chi connectivity index (χ0) is 14.9. The van der Waals surface area contributed by atoms with Crippen LogP contribution in [0.1, 0.15) is 31.2 Å². The number of halogens is 1. The van der Waals surface area contributed by atoms with Gasteiger partial charge in [0, 0.05) is 32.1 Å². The highest BCUT2D eigenvalue weighted by molar-refractivity contribution is 14.0. The summed E-state index contributed by atoms with van der Waals surface area (Å²) in [4.78, 5) is 7.20. The van der Waals surface area contributed by atoms with Gasteiger partial charge in [-0.15, -0.1) is 24.0 Å². The lowest BCUT2D eigenvalue weighted by atomic mass is 9.99. The van der Waals surface area contributed by atoms with Crippen LogP contribution in [0.25, 0.3) is 0 Å². The second kappa shape index (κ2) is 11.2. The quantitative estimate of drug-likeness (QED) is 0.320. The van der Waals surface area contributed by atoms with Crippen LogP contribution < -0.4 is 5.32 Å². The van der Waals surface area contributed by atoms with Crippen molar-refractivity contribution < 1.29 is 0 Å². The summed E-state index contributed by atoms with van der Waals surface area (Å²) in [5.74, 6) is 2.92. The number of nitrogens with one attached hydrogen (secondary N) is 1. The number of benzene rings is 1. The molecule has 1 atom stereocenters. The highest BCUT2D eigenvalue weighted by atomic mass is 127. The fraction of sp³-hybridized carbons (Fsp3) is 0.588. The van der Waals surface area contributed by atoms with E-state index in [9.17, 15) is 0 Å². The van der Waals surface area contributed by atoms with Gasteiger partial charge in [0.1, 0.15) is 0 Å². The van der Waals surface area contributed by atoms with Crippen molar-refractivity contribution in [1.29, 1.82) is 0 Å². The predicted molar refractivity (Wildman–Crippen MR) is 110 cm³/mol. The van der Waals surface area contributed by atoms with E-state index >= 15 is 0 Å². The maximum Gasteiger partial charge on any atom is 0.193 e. The van der Waals surface area contributed by atoms with E-state index in [1.165, 1.54) is 17.7 Å². The monoisotopic (exact) mass is 433 g/mol. The Morgan fingerprint density at radius 1 is 1.36 bits per heavy atom. The molecule has 0 bridgehead atoms. The molecule has 1 aromatic rings. The molecule has 0 spiro atoms. The number of nitrogens with zero attached hydrogens (tertiary/aromatic N) is 2. The number of hydrogen-bond acceptors (Lipinski definition) is 2. The number of aliphatic imine (C=N–C) groups is 1. The van der Waals surface area contributed by atoms with Crippen LogP contribution in [0.5, 0.6) is 0 Å². The smallest absolute Gasteiger partial charge is 0.193 e. The van der Waals surface area contributed by atoms with E-state index in [4.69, 9.17) is 4.99 Å². The lowest BCUT2D eigenvalue weighted by Gasteiger charge is -2.21. The summed E-state index contributed by atoms with van der Waals surface area (Å²) in [5.41, 5.74) is 1.46. The third kappa shape index (κ3) is 5.99. The molecule has 1 aromatic carbocycles. The summed E-state index contributed by atoms with van der Waals surface area (Å²) >= 11 is 1.89. The van der Waals surface area contributed by atoms with E-state index in [1.807, 2.05) is 11.8 Å². The fourth-order valence-electron chi connectivity index (χ4n) is 2.77. The van der Waals surface area contributed by atoms with Crippen LogP contribution in [0.3, 0.4) is 0 Å². The van der Waals surface area contributed by atoms with Crippen LogP contribution >= 0.6 is 35.7 Å². The Bertz CT molecular complexity index is 439. The van der Waals surface area contributed by atoms with Crippen LogP contribution in [0.15, 0.2) is 35.3 Å². The minimum Gasteiger partial charge on any atom is -0.357 e. The molecule has 1 aliphatic heterocycles. The number of rotatable bonds is 6. The van der Waals surface area contributed by atoms with Crippen LogP contribution in [0.2, 0.25) is 0 Å². The van der Waals surface area contributed by atoms with E-state index in [0.29, 0.717) is 5.92 Å². The molecule has 1 aliphatic rings. The van der Waals surface area contributed by atoms with Gasteiger partial charge in [-0.25, -0.2) is 0 Å². The maximum atomic E-state index is 4.78. The Hall–Kier alpha value is -0.430. The fourth-order valence-corrected chi connectivity index (χ4v) is 3.19. The van der Waals surface area contributed by atoms with Crippen molar-refractivity contribution in [2.24, 2.45) is 4.99 Å². The normalized spacial score (nSPS) is 18.2. The Balaban J connectivity index is 0.00000242. The van der Waals surface area contributed by atoms with E-state index in [2.05, 4.69) is 53.7 Å². The molecular weight excluding hydrogens is 405 g/mol. The molecule has 0 saturated carbocycles. The second-order valence-corrected chi connectivity index (χ2v) is 6.41. The predicted octanol–water partition coefficient (Wildman–Crippen LogP) is 3.81. The average Bonchev–Trinajstić information content (AvgIpc) is 3.01. The molecule has 0 aromatic heterocycles. The van der Waals surface area contributed by atoms with Crippen molar-refractivity contribution in [2.75, 3.05) is 38.2 Å². The highest BCUT2D eigenvalue weighted by Gasteiger charge is 2.25. The number of thioether (sulfide) groups is 1.